The summed E-state index contributed by atoms with van der Waals surface area (Å²) in [4.78, 5) is 14.0. The van der Waals surface area contributed by atoms with Crippen LogP contribution in [0.2, 0.25) is 0 Å². The molecule has 1 atom stereocenters. The molecule has 92 valence electrons. The summed E-state index contributed by atoms with van der Waals surface area (Å²) in [6.45, 7) is 3.14. The van der Waals surface area contributed by atoms with Gasteiger partial charge in [-0.1, -0.05) is 18.2 Å². The smallest absolute Gasteiger partial charge is 0.251 e. The van der Waals surface area contributed by atoms with Crippen molar-refractivity contribution in [2.24, 2.45) is 0 Å². The van der Waals surface area contributed by atoms with Crippen LogP contribution in [0.25, 0.3) is 0 Å². The SMILES string of the molecule is CN1CCOC(CNC(=O)c2ccccc2)C1. The van der Waals surface area contributed by atoms with Crippen LogP contribution in [0.3, 0.4) is 0 Å². The zero-order valence-corrected chi connectivity index (χ0v) is 10.1. The van der Waals surface area contributed by atoms with Crippen molar-refractivity contribution >= 4 is 5.91 Å². The molecule has 1 amide bonds. The van der Waals surface area contributed by atoms with Crippen molar-refractivity contribution in [3.8, 4) is 0 Å². The fraction of sp³-hybridized carbons (Fsp3) is 0.462. The maximum Gasteiger partial charge on any atom is 0.251 e. The molecular weight excluding hydrogens is 216 g/mol. The summed E-state index contributed by atoms with van der Waals surface area (Å²) in [6.07, 6.45) is 0.0985. The molecule has 1 aromatic rings. The van der Waals surface area contributed by atoms with E-state index in [1.165, 1.54) is 0 Å². The van der Waals surface area contributed by atoms with Crippen LogP contribution in [0.15, 0.2) is 30.3 Å². The number of rotatable bonds is 3. The molecule has 1 aliphatic rings. The predicted molar refractivity (Wildman–Crippen MR) is 66.0 cm³/mol. The number of hydrogen-bond donors (Lipinski definition) is 1. The first-order valence-electron chi connectivity index (χ1n) is 5.89. The maximum absolute atomic E-state index is 11.8. The minimum Gasteiger partial charge on any atom is -0.374 e. The summed E-state index contributed by atoms with van der Waals surface area (Å²) < 4.78 is 5.58. The van der Waals surface area contributed by atoms with Gasteiger partial charge >= 0.3 is 0 Å². The number of amides is 1. The van der Waals surface area contributed by atoms with Crippen LogP contribution in [0.5, 0.6) is 0 Å². The lowest BCUT2D eigenvalue weighted by molar-refractivity contribution is -0.0175. The van der Waals surface area contributed by atoms with Gasteiger partial charge in [0.2, 0.25) is 0 Å². The second-order valence-corrected chi connectivity index (χ2v) is 4.33. The summed E-state index contributed by atoms with van der Waals surface area (Å²) in [5, 5.41) is 2.90. The van der Waals surface area contributed by atoms with Crippen molar-refractivity contribution in [1.29, 1.82) is 0 Å². The van der Waals surface area contributed by atoms with Crippen LogP contribution in [-0.2, 0) is 4.74 Å². The number of ether oxygens (including phenoxy) is 1. The number of nitrogens with one attached hydrogen (secondary N) is 1. The molecule has 1 fully saturated rings. The van der Waals surface area contributed by atoms with Gasteiger partial charge in [0.25, 0.3) is 5.91 Å². The van der Waals surface area contributed by atoms with Crippen molar-refractivity contribution in [2.45, 2.75) is 6.10 Å². The van der Waals surface area contributed by atoms with E-state index in [1.807, 2.05) is 30.3 Å². The fourth-order valence-corrected chi connectivity index (χ4v) is 1.89. The summed E-state index contributed by atoms with van der Waals surface area (Å²) in [6, 6.07) is 9.24. The Hall–Kier alpha value is -1.39. The monoisotopic (exact) mass is 234 g/mol. The average Bonchev–Trinajstić information content (AvgIpc) is 2.37. The lowest BCUT2D eigenvalue weighted by Gasteiger charge is -2.30. The topological polar surface area (TPSA) is 41.6 Å². The molecule has 1 unspecified atom stereocenters. The molecule has 4 nitrogen and oxygen atoms in total. The Bertz CT molecular complexity index is 367. The average molecular weight is 234 g/mol. The van der Waals surface area contributed by atoms with E-state index in [1.54, 1.807) is 0 Å². The zero-order chi connectivity index (χ0) is 12.1. The Morgan fingerprint density at radius 3 is 2.94 bits per heavy atom. The highest BCUT2D eigenvalue weighted by Gasteiger charge is 2.18. The second kappa shape index (κ2) is 5.80. The molecule has 0 aliphatic carbocycles. The van der Waals surface area contributed by atoms with Crippen LogP contribution < -0.4 is 5.32 Å². The van der Waals surface area contributed by atoms with E-state index in [2.05, 4.69) is 17.3 Å². The van der Waals surface area contributed by atoms with E-state index >= 15 is 0 Å². The van der Waals surface area contributed by atoms with E-state index in [4.69, 9.17) is 4.74 Å². The summed E-state index contributed by atoms with van der Waals surface area (Å²) in [7, 11) is 2.06. The Morgan fingerprint density at radius 2 is 2.24 bits per heavy atom. The third-order valence-corrected chi connectivity index (χ3v) is 2.87. The van der Waals surface area contributed by atoms with Crippen LogP contribution in [-0.4, -0.2) is 50.2 Å². The molecule has 0 aromatic heterocycles. The van der Waals surface area contributed by atoms with Crippen LogP contribution in [0, 0.1) is 0 Å². The molecule has 4 heteroatoms. The van der Waals surface area contributed by atoms with E-state index in [-0.39, 0.29) is 12.0 Å². The predicted octanol–water partition coefficient (Wildman–Crippen LogP) is 0.747. The molecule has 0 bridgehead atoms. The van der Waals surface area contributed by atoms with E-state index < -0.39 is 0 Å². The number of hydrogen-bond acceptors (Lipinski definition) is 3. The van der Waals surface area contributed by atoms with Gasteiger partial charge < -0.3 is 15.0 Å². The lowest BCUT2D eigenvalue weighted by atomic mass is 10.2. The lowest BCUT2D eigenvalue weighted by Crippen LogP contribution is -2.45. The van der Waals surface area contributed by atoms with Gasteiger partial charge in [0.05, 0.1) is 12.7 Å². The zero-order valence-electron chi connectivity index (χ0n) is 10.1. The first-order chi connectivity index (χ1) is 8.25. The second-order valence-electron chi connectivity index (χ2n) is 4.33. The van der Waals surface area contributed by atoms with Crippen LogP contribution >= 0.6 is 0 Å². The number of carbonyl (C=O) groups is 1. The third kappa shape index (κ3) is 3.54. The summed E-state index contributed by atoms with van der Waals surface area (Å²) in [5.41, 5.74) is 0.691. The summed E-state index contributed by atoms with van der Waals surface area (Å²) in [5.74, 6) is -0.0394. The first kappa shape index (κ1) is 12.1. The van der Waals surface area contributed by atoms with E-state index in [9.17, 15) is 4.79 Å². The molecule has 1 heterocycles. The Kier molecular flexibility index (Phi) is 4.12. The molecule has 1 N–H and O–H groups in total. The summed E-state index contributed by atoms with van der Waals surface area (Å²) >= 11 is 0. The maximum atomic E-state index is 11.8. The quantitative estimate of drug-likeness (QED) is 0.839. The molecule has 2 rings (SSSR count). The molecule has 1 aliphatic heterocycles. The van der Waals surface area contributed by atoms with Crippen LogP contribution in [0.1, 0.15) is 10.4 Å². The largest absolute Gasteiger partial charge is 0.374 e. The minimum atomic E-state index is -0.0394. The number of likely N-dealkylation sites (N-methyl/N-ethyl adjacent to an activating group) is 1. The first-order valence-corrected chi connectivity index (χ1v) is 5.89. The number of morpholine rings is 1. The Balaban J connectivity index is 1.80. The van der Waals surface area contributed by atoms with Crippen molar-refractivity contribution in [3.63, 3.8) is 0 Å². The van der Waals surface area contributed by atoms with Crippen LogP contribution in [0.4, 0.5) is 0 Å². The standard InChI is InChI=1S/C13H18N2O2/c1-15-7-8-17-12(10-15)9-14-13(16)11-5-3-2-4-6-11/h2-6,12H,7-10H2,1H3,(H,14,16). The van der Waals surface area contributed by atoms with Gasteiger partial charge in [-0.2, -0.15) is 0 Å². The molecule has 0 radical (unpaired) electrons. The highest BCUT2D eigenvalue weighted by molar-refractivity contribution is 5.94. The van der Waals surface area contributed by atoms with Gasteiger partial charge in [0.15, 0.2) is 0 Å². The number of nitrogens with zero attached hydrogens (tertiary/aromatic N) is 1. The normalized spacial score (nSPS) is 21.1. The molecule has 0 saturated carbocycles. The van der Waals surface area contributed by atoms with Gasteiger partial charge in [-0.25, -0.2) is 0 Å². The molecular formula is C13H18N2O2. The Morgan fingerprint density at radius 1 is 1.47 bits per heavy atom. The highest BCUT2D eigenvalue weighted by Crippen LogP contribution is 2.03. The number of carbonyl (C=O) groups excluding carboxylic acids is 1. The van der Waals surface area contributed by atoms with Crippen molar-refractivity contribution in [2.75, 3.05) is 33.3 Å². The van der Waals surface area contributed by atoms with Gasteiger partial charge in [-0.15, -0.1) is 0 Å². The molecule has 17 heavy (non-hydrogen) atoms. The van der Waals surface area contributed by atoms with Gasteiger partial charge in [0, 0.05) is 25.2 Å². The molecule has 1 aromatic carbocycles. The van der Waals surface area contributed by atoms with Gasteiger partial charge in [-0.05, 0) is 19.2 Å². The third-order valence-electron chi connectivity index (χ3n) is 2.87. The Labute approximate surface area is 102 Å². The van der Waals surface area contributed by atoms with E-state index in [0.29, 0.717) is 12.1 Å². The molecule has 0 spiro atoms. The van der Waals surface area contributed by atoms with Crippen molar-refractivity contribution < 1.29 is 9.53 Å². The number of benzene rings is 1. The molecule has 1 saturated heterocycles. The van der Waals surface area contributed by atoms with Gasteiger partial charge in [-0.3, -0.25) is 4.79 Å². The van der Waals surface area contributed by atoms with Gasteiger partial charge in [0.1, 0.15) is 0 Å². The van der Waals surface area contributed by atoms with Crippen molar-refractivity contribution in [3.05, 3.63) is 35.9 Å². The highest BCUT2D eigenvalue weighted by atomic mass is 16.5. The van der Waals surface area contributed by atoms with E-state index in [0.717, 1.165) is 19.7 Å². The fourth-order valence-electron chi connectivity index (χ4n) is 1.89. The minimum absolute atomic E-state index is 0.0394. The van der Waals surface area contributed by atoms with Crippen molar-refractivity contribution in [1.82, 2.24) is 10.2 Å².